The lowest BCUT2D eigenvalue weighted by molar-refractivity contribution is -0.331. The van der Waals surface area contributed by atoms with Gasteiger partial charge in [0.25, 0.3) is 0 Å². The van der Waals surface area contributed by atoms with Gasteiger partial charge in [0, 0.05) is 17.3 Å². The molecule has 0 spiro atoms. The van der Waals surface area contributed by atoms with E-state index in [9.17, 15) is 35.7 Å². The molecule has 3 aliphatic rings. The molecule has 3 rings (SSSR count). The summed E-state index contributed by atoms with van der Waals surface area (Å²) >= 11 is 0. The second kappa shape index (κ2) is 8.73. The van der Waals surface area contributed by atoms with Gasteiger partial charge in [0.1, 0.15) is 24.4 Å². The smallest absolute Gasteiger partial charge is 0.187 e. The third-order valence-electron chi connectivity index (χ3n) is 7.45. The molecule has 174 valence electrons. The average Bonchev–Trinajstić information content (AvgIpc) is 2.70. The molecule has 2 aliphatic carbocycles. The highest BCUT2D eigenvalue weighted by Crippen LogP contribution is 2.56. The van der Waals surface area contributed by atoms with Crippen LogP contribution in [0.3, 0.4) is 0 Å². The fraction of sp³-hybridized carbons (Fsp3) is 0.905. The highest BCUT2D eigenvalue weighted by atomic mass is 16.7. The van der Waals surface area contributed by atoms with Crippen molar-refractivity contribution in [3.8, 4) is 0 Å². The van der Waals surface area contributed by atoms with Gasteiger partial charge in [-0.3, -0.25) is 0 Å². The topological polar surface area (TPSA) is 160 Å². The standard InChI is InChI=1S/C21H36O9/c1-10-4-5-13(24)21(9-23)7-6-11(20(2,3)28)18(14(10)21)30-19-17(27)16(26)15(25)12(8-22)29-19/h11-19,22-28H,1,4-9H2,2-3H3. The Morgan fingerprint density at radius 3 is 2.33 bits per heavy atom. The number of hydrogen-bond acceptors (Lipinski definition) is 9. The number of ether oxygens (including phenoxy) is 2. The predicted octanol–water partition coefficient (Wildman–Crippen LogP) is -1.34. The van der Waals surface area contributed by atoms with Crippen LogP contribution in [0.15, 0.2) is 12.2 Å². The van der Waals surface area contributed by atoms with Crippen molar-refractivity contribution in [2.75, 3.05) is 13.2 Å². The van der Waals surface area contributed by atoms with E-state index in [0.717, 1.165) is 5.57 Å². The molecule has 1 aliphatic heterocycles. The van der Waals surface area contributed by atoms with Gasteiger partial charge in [0.2, 0.25) is 0 Å². The normalized spacial score (nSPS) is 47.8. The second-order valence-corrected chi connectivity index (χ2v) is 9.68. The lowest BCUT2D eigenvalue weighted by atomic mass is 9.52. The zero-order valence-corrected chi connectivity index (χ0v) is 17.6. The van der Waals surface area contributed by atoms with Crippen LogP contribution in [0, 0.1) is 17.3 Å². The van der Waals surface area contributed by atoms with Gasteiger partial charge in [-0.25, -0.2) is 0 Å². The van der Waals surface area contributed by atoms with Crippen LogP contribution in [-0.4, -0.2) is 97.5 Å². The van der Waals surface area contributed by atoms with Crippen molar-refractivity contribution in [2.45, 2.75) is 88.0 Å². The molecular formula is C21H36O9. The van der Waals surface area contributed by atoms with Crippen molar-refractivity contribution in [3.63, 3.8) is 0 Å². The zero-order chi connectivity index (χ0) is 22.4. The fourth-order valence-corrected chi connectivity index (χ4v) is 5.63. The SMILES string of the molecule is C=C1CCC(O)C2(CO)CCC(C(C)(C)O)C(OC3OC(CO)C(O)C(O)C3O)C12. The van der Waals surface area contributed by atoms with Crippen LogP contribution in [0.4, 0.5) is 0 Å². The zero-order valence-electron chi connectivity index (χ0n) is 17.6. The molecular weight excluding hydrogens is 396 g/mol. The molecule has 1 saturated heterocycles. The summed E-state index contributed by atoms with van der Waals surface area (Å²) in [6.07, 6.45) is -6.83. The summed E-state index contributed by atoms with van der Waals surface area (Å²) in [6, 6.07) is 0. The summed E-state index contributed by atoms with van der Waals surface area (Å²) in [4.78, 5) is 0. The maximum atomic E-state index is 10.8. The van der Waals surface area contributed by atoms with E-state index in [1.165, 1.54) is 0 Å². The van der Waals surface area contributed by atoms with Gasteiger partial charge < -0.3 is 45.2 Å². The van der Waals surface area contributed by atoms with E-state index >= 15 is 0 Å². The van der Waals surface area contributed by atoms with Crippen LogP contribution in [0.1, 0.15) is 39.5 Å². The third kappa shape index (κ3) is 3.96. The molecule has 30 heavy (non-hydrogen) atoms. The fourth-order valence-electron chi connectivity index (χ4n) is 5.63. The molecule has 10 unspecified atom stereocenters. The van der Waals surface area contributed by atoms with Gasteiger partial charge in [0.15, 0.2) is 6.29 Å². The van der Waals surface area contributed by atoms with Crippen molar-refractivity contribution < 1.29 is 45.2 Å². The summed E-state index contributed by atoms with van der Waals surface area (Å²) in [7, 11) is 0. The van der Waals surface area contributed by atoms with Gasteiger partial charge in [0.05, 0.1) is 31.0 Å². The molecule has 2 saturated carbocycles. The highest BCUT2D eigenvalue weighted by molar-refractivity contribution is 5.20. The van der Waals surface area contributed by atoms with Gasteiger partial charge in [-0.15, -0.1) is 0 Å². The minimum absolute atomic E-state index is 0.287. The first-order valence-electron chi connectivity index (χ1n) is 10.6. The Morgan fingerprint density at radius 2 is 1.77 bits per heavy atom. The monoisotopic (exact) mass is 432 g/mol. The van der Waals surface area contributed by atoms with E-state index in [2.05, 4.69) is 6.58 Å². The van der Waals surface area contributed by atoms with Crippen LogP contribution < -0.4 is 0 Å². The molecule has 7 N–H and O–H groups in total. The van der Waals surface area contributed by atoms with Gasteiger partial charge in [-0.1, -0.05) is 12.2 Å². The first-order valence-corrected chi connectivity index (χ1v) is 10.6. The van der Waals surface area contributed by atoms with Crippen LogP contribution in [-0.2, 0) is 9.47 Å². The summed E-state index contributed by atoms with van der Waals surface area (Å²) in [5.41, 5.74) is -1.29. The van der Waals surface area contributed by atoms with Gasteiger partial charge in [-0.2, -0.15) is 0 Å². The maximum Gasteiger partial charge on any atom is 0.187 e. The van der Waals surface area contributed by atoms with Crippen molar-refractivity contribution in [2.24, 2.45) is 17.3 Å². The van der Waals surface area contributed by atoms with E-state index in [1.54, 1.807) is 13.8 Å². The largest absolute Gasteiger partial charge is 0.396 e. The molecule has 0 radical (unpaired) electrons. The molecule has 9 nitrogen and oxygen atoms in total. The number of rotatable bonds is 5. The molecule has 0 aromatic carbocycles. The summed E-state index contributed by atoms with van der Waals surface area (Å²) in [5.74, 6) is -0.944. The number of aliphatic hydroxyl groups is 7. The second-order valence-electron chi connectivity index (χ2n) is 9.68. The lowest BCUT2D eigenvalue weighted by Crippen LogP contribution is -2.64. The van der Waals surface area contributed by atoms with Crippen molar-refractivity contribution >= 4 is 0 Å². The number of fused-ring (bicyclic) bond motifs is 1. The molecule has 3 fully saturated rings. The van der Waals surface area contributed by atoms with E-state index < -0.39 is 72.4 Å². The van der Waals surface area contributed by atoms with Crippen molar-refractivity contribution in [3.05, 3.63) is 12.2 Å². The van der Waals surface area contributed by atoms with Crippen LogP contribution >= 0.6 is 0 Å². The Bertz CT molecular complexity index is 618. The number of aliphatic hydroxyl groups excluding tert-OH is 6. The molecule has 0 amide bonds. The van der Waals surface area contributed by atoms with E-state index in [0.29, 0.717) is 25.7 Å². The van der Waals surface area contributed by atoms with Crippen LogP contribution in [0.25, 0.3) is 0 Å². The quantitative estimate of drug-likeness (QED) is 0.261. The molecule has 9 heteroatoms. The summed E-state index contributed by atoms with van der Waals surface area (Å²) in [6.45, 7) is 6.57. The van der Waals surface area contributed by atoms with Gasteiger partial charge >= 0.3 is 0 Å². The average molecular weight is 433 g/mol. The molecule has 10 atom stereocenters. The Hall–Kier alpha value is -0.620. The van der Waals surface area contributed by atoms with E-state index in [-0.39, 0.29) is 6.61 Å². The Balaban J connectivity index is 1.97. The third-order valence-corrected chi connectivity index (χ3v) is 7.45. The van der Waals surface area contributed by atoms with Crippen molar-refractivity contribution in [1.29, 1.82) is 0 Å². The predicted molar refractivity (Wildman–Crippen MR) is 105 cm³/mol. The van der Waals surface area contributed by atoms with Gasteiger partial charge in [-0.05, 0) is 39.5 Å². The first-order chi connectivity index (χ1) is 14.0. The Morgan fingerprint density at radius 1 is 1.10 bits per heavy atom. The minimum Gasteiger partial charge on any atom is -0.396 e. The molecule has 0 bridgehead atoms. The molecule has 0 aromatic heterocycles. The molecule has 1 heterocycles. The lowest BCUT2D eigenvalue weighted by Gasteiger charge is -2.58. The Kier molecular flexibility index (Phi) is 6.99. The summed E-state index contributed by atoms with van der Waals surface area (Å²) in [5, 5.41) is 72.0. The van der Waals surface area contributed by atoms with Crippen molar-refractivity contribution in [1.82, 2.24) is 0 Å². The van der Waals surface area contributed by atoms with Crippen LogP contribution in [0.2, 0.25) is 0 Å². The van der Waals surface area contributed by atoms with E-state index in [4.69, 9.17) is 9.47 Å². The molecule has 0 aromatic rings. The Labute approximate surface area is 176 Å². The van der Waals surface area contributed by atoms with E-state index in [1.807, 2.05) is 0 Å². The van der Waals surface area contributed by atoms with Crippen LogP contribution in [0.5, 0.6) is 0 Å². The highest BCUT2D eigenvalue weighted by Gasteiger charge is 2.59. The maximum absolute atomic E-state index is 10.8. The summed E-state index contributed by atoms with van der Waals surface area (Å²) < 4.78 is 11.7. The minimum atomic E-state index is -1.59. The first kappa shape index (κ1) is 24.0. The number of hydrogen-bond donors (Lipinski definition) is 7.